The van der Waals surface area contributed by atoms with Crippen molar-refractivity contribution in [2.24, 2.45) is 5.92 Å². The average molecular weight is 471 g/mol. The number of benzene rings is 1. The van der Waals surface area contributed by atoms with E-state index in [4.69, 9.17) is 4.74 Å². The molecule has 136 valence electrons. The van der Waals surface area contributed by atoms with Gasteiger partial charge in [0.15, 0.2) is 0 Å². The molecule has 1 aromatic carbocycles. The van der Waals surface area contributed by atoms with E-state index in [0.717, 1.165) is 25.1 Å². The molecule has 1 aliphatic rings. The summed E-state index contributed by atoms with van der Waals surface area (Å²) in [5.41, 5.74) is 1.60. The number of methoxy groups -OCH3 is 1. The molecule has 1 unspecified atom stereocenters. The first kappa shape index (κ1) is 20.5. The van der Waals surface area contributed by atoms with Gasteiger partial charge < -0.3 is 4.74 Å². The topological polar surface area (TPSA) is 29.5 Å². The third-order valence-corrected chi connectivity index (χ3v) is 7.11. The van der Waals surface area contributed by atoms with E-state index in [2.05, 4.69) is 50.6 Å². The average Bonchev–Trinajstić information content (AvgIpc) is 3.14. The highest BCUT2D eigenvalue weighted by molar-refractivity contribution is 14.2. The standard InChI is InChI=1S/C20H26INO2S/c1-4-5-9-16(2)14-20(19(23)24-3,17-10-7-6-8-11-17)18-12-13-22(15-18)25-21/h4-11,18H,12-15H2,1-3H3/b5-4-,16-9+/t18?,20-/m0/s1. The number of carbonyl (C=O) groups is 1. The monoisotopic (exact) mass is 471 g/mol. The minimum Gasteiger partial charge on any atom is -0.468 e. The van der Waals surface area contributed by atoms with Crippen LogP contribution in [0.4, 0.5) is 0 Å². The quantitative estimate of drug-likeness (QED) is 0.233. The number of hydrogen-bond donors (Lipinski definition) is 0. The van der Waals surface area contributed by atoms with Crippen LogP contribution in [-0.2, 0) is 14.9 Å². The van der Waals surface area contributed by atoms with Gasteiger partial charge in [-0.05, 0) is 47.3 Å². The van der Waals surface area contributed by atoms with E-state index in [9.17, 15) is 4.79 Å². The van der Waals surface area contributed by atoms with Gasteiger partial charge in [-0.25, -0.2) is 4.31 Å². The Kier molecular flexibility index (Phi) is 8.03. The van der Waals surface area contributed by atoms with Gasteiger partial charge in [-0.1, -0.05) is 54.1 Å². The number of rotatable bonds is 7. The molecule has 1 heterocycles. The fourth-order valence-electron chi connectivity index (χ4n) is 3.71. The largest absolute Gasteiger partial charge is 0.468 e. The summed E-state index contributed by atoms with van der Waals surface area (Å²) in [6.45, 7) is 6.00. The molecule has 0 amide bonds. The van der Waals surface area contributed by atoms with Crippen LogP contribution in [-0.4, -0.2) is 30.5 Å². The zero-order chi connectivity index (χ0) is 18.3. The molecule has 0 saturated carbocycles. The number of carbonyl (C=O) groups excluding carboxylic acids is 1. The maximum absolute atomic E-state index is 13.1. The zero-order valence-electron chi connectivity index (χ0n) is 15.1. The van der Waals surface area contributed by atoms with Gasteiger partial charge in [0.05, 0.1) is 7.11 Å². The molecule has 0 aromatic heterocycles. The van der Waals surface area contributed by atoms with E-state index in [0.29, 0.717) is 6.42 Å². The van der Waals surface area contributed by atoms with Gasteiger partial charge in [-0.2, -0.15) is 0 Å². The molecule has 0 spiro atoms. The van der Waals surface area contributed by atoms with Crippen LogP contribution in [0.3, 0.4) is 0 Å². The van der Waals surface area contributed by atoms with Crippen molar-refractivity contribution in [2.75, 3.05) is 20.2 Å². The van der Waals surface area contributed by atoms with Gasteiger partial charge in [0, 0.05) is 34.3 Å². The Morgan fingerprint density at radius 2 is 2.16 bits per heavy atom. The molecular formula is C20H26INO2S. The Balaban J connectivity index is 2.52. The minimum absolute atomic E-state index is 0.128. The molecule has 1 aliphatic heterocycles. The number of allylic oxidation sites excluding steroid dienone is 4. The first-order chi connectivity index (χ1) is 12.1. The predicted molar refractivity (Wildman–Crippen MR) is 115 cm³/mol. The molecule has 25 heavy (non-hydrogen) atoms. The molecule has 5 heteroatoms. The van der Waals surface area contributed by atoms with Crippen LogP contribution in [0, 0.1) is 5.92 Å². The molecule has 1 saturated heterocycles. The predicted octanol–water partition coefficient (Wildman–Crippen LogP) is 5.33. The first-order valence-electron chi connectivity index (χ1n) is 8.54. The molecule has 2 atom stereocenters. The number of ether oxygens (including phenoxy) is 1. The van der Waals surface area contributed by atoms with E-state index < -0.39 is 5.41 Å². The van der Waals surface area contributed by atoms with Crippen LogP contribution in [0.1, 0.15) is 32.3 Å². The van der Waals surface area contributed by atoms with E-state index in [1.54, 1.807) is 9.12 Å². The van der Waals surface area contributed by atoms with Crippen LogP contribution in [0.25, 0.3) is 0 Å². The van der Waals surface area contributed by atoms with Crippen molar-refractivity contribution in [2.45, 2.75) is 32.1 Å². The molecule has 3 nitrogen and oxygen atoms in total. The highest BCUT2D eigenvalue weighted by Crippen LogP contribution is 2.45. The van der Waals surface area contributed by atoms with Crippen LogP contribution in [0.2, 0.25) is 0 Å². The Labute approximate surface area is 167 Å². The summed E-state index contributed by atoms with van der Waals surface area (Å²) < 4.78 is 7.68. The highest BCUT2D eigenvalue weighted by atomic mass is 127. The molecule has 1 fully saturated rings. The molecule has 0 bridgehead atoms. The summed E-state index contributed by atoms with van der Waals surface area (Å²) in [5, 5.41) is 0. The SMILES string of the molecule is C/C=C\C=C(/C)C[C@](C(=O)OC)(c1ccccc1)C1CCN(SI)C1. The Morgan fingerprint density at radius 1 is 1.44 bits per heavy atom. The lowest BCUT2D eigenvalue weighted by Gasteiger charge is -2.37. The van der Waals surface area contributed by atoms with Gasteiger partial charge >= 0.3 is 5.97 Å². The van der Waals surface area contributed by atoms with Crippen LogP contribution in [0.5, 0.6) is 0 Å². The van der Waals surface area contributed by atoms with Gasteiger partial charge in [0.25, 0.3) is 0 Å². The smallest absolute Gasteiger partial charge is 0.316 e. The summed E-state index contributed by atoms with van der Waals surface area (Å²) in [4.78, 5) is 13.1. The first-order valence-corrected chi connectivity index (χ1v) is 11.9. The van der Waals surface area contributed by atoms with Crippen LogP contribution >= 0.6 is 30.3 Å². The van der Waals surface area contributed by atoms with E-state index >= 15 is 0 Å². The van der Waals surface area contributed by atoms with Crippen molar-refractivity contribution < 1.29 is 9.53 Å². The summed E-state index contributed by atoms with van der Waals surface area (Å²) in [7, 11) is 3.23. The lowest BCUT2D eigenvalue weighted by atomic mass is 9.66. The summed E-state index contributed by atoms with van der Waals surface area (Å²) in [5.74, 6) is 0.107. The number of halogens is 1. The second kappa shape index (κ2) is 9.78. The lowest BCUT2D eigenvalue weighted by molar-refractivity contribution is -0.150. The molecule has 0 radical (unpaired) electrons. The molecular weight excluding hydrogens is 445 g/mol. The van der Waals surface area contributed by atoms with Gasteiger partial charge in [0.1, 0.15) is 5.41 Å². The van der Waals surface area contributed by atoms with Crippen LogP contribution < -0.4 is 0 Å². The van der Waals surface area contributed by atoms with Crippen molar-refractivity contribution in [1.29, 1.82) is 0 Å². The van der Waals surface area contributed by atoms with Crippen molar-refractivity contribution >= 4 is 36.3 Å². The lowest BCUT2D eigenvalue weighted by Crippen LogP contribution is -2.45. The fourth-order valence-corrected chi connectivity index (χ4v) is 5.19. The second-order valence-corrected chi connectivity index (χ2v) is 8.32. The van der Waals surface area contributed by atoms with Crippen molar-refractivity contribution in [1.82, 2.24) is 4.31 Å². The fraction of sp³-hybridized carbons (Fsp3) is 0.450. The number of hydrogen-bond acceptors (Lipinski definition) is 4. The molecule has 1 aromatic rings. The summed E-state index contributed by atoms with van der Waals surface area (Å²) in [6, 6.07) is 10.2. The van der Waals surface area contributed by atoms with E-state index in [1.165, 1.54) is 12.7 Å². The van der Waals surface area contributed by atoms with Crippen molar-refractivity contribution in [3.8, 4) is 0 Å². The van der Waals surface area contributed by atoms with Gasteiger partial charge in [-0.3, -0.25) is 4.79 Å². The van der Waals surface area contributed by atoms with Crippen molar-refractivity contribution in [3.63, 3.8) is 0 Å². The van der Waals surface area contributed by atoms with E-state index in [1.807, 2.05) is 37.3 Å². The highest BCUT2D eigenvalue weighted by Gasteiger charge is 2.50. The molecule has 0 N–H and O–H groups in total. The van der Waals surface area contributed by atoms with Gasteiger partial charge in [-0.15, -0.1) is 0 Å². The maximum Gasteiger partial charge on any atom is 0.316 e. The third kappa shape index (κ3) is 4.68. The number of esters is 1. The van der Waals surface area contributed by atoms with E-state index in [-0.39, 0.29) is 11.9 Å². The van der Waals surface area contributed by atoms with Crippen LogP contribution in [0.15, 0.2) is 54.1 Å². The normalized spacial score (nSPS) is 21.4. The summed E-state index contributed by atoms with van der Waals surface area (Å²) in [6.07, 6.45) is 7.82. The second-order valence-electron chi connectivity index (χ2n) is 6.49. The third-order valence-electron chi connectivity index (χ3n) is 4.91. The summed E-state index contributed by atoms with van der Waals surface area (Å²) >= 11 is 2.32. The zero-order valence-corrected chi connectivity index (χ0v) is 18.0. The van der Waals surface area contributed by atoms with Crippen molar-refractivity contribution in [3.05, 3.63) is 59.7 Å². The Morgan fingerprint density at radius 3 is 2.72 bits per heavy atom. The minimum atomic E-state index is -0.640. The van der Waals surface area contributed by atoms with Gasteiger partial charge in [0.2, 0.25) is 0 Å². The Hall–Kier alpha value is -0.790. The maximum atomic E-state index is 13.1. The number of nitrogens with zero attached hydrogens (tertiary/aromatic N) is 1. The molecule has 2 rings (SSSR count). The molecule has 0 aliphatic carbocycles. The Bertz CT molecular complexity index is 632.